The maximum Gasteiger partial charge on any atom is 0.0812 e. The Morgan fingerprint density at radius 1 is 0.909 bits per heavy atom. The molecule has 122 valence electrons. The second kappa shape index (κ2) is 11.1. The first-order valence-electron chi connectivity index (χ1n) is 8.86. The number of hydrogen-bond acceptors (Lipinski definition) is 3. The summed E-state index contributed by atoms with van der Waals surface area (Å²) in [6.45, 7) is 2.29. The summed E-state index contributed by atoms with van der Waals surface area (Å²) in [6.07, 6.45) is 14.2. The van der Waals surface area contributed by atoms with Gasteiger partial charge in [-0.05, 0) is 30.4 Å². The zero-order valence-corrected chi connectivity index (χ0v) is 15.5. The van der Waals surface area contributed by atoms with Gasteiger partial charge in [0.1, 0.15) is 0 Å². The van der Waals surface area contributed by atoms with Crippen LogP contribution >= 0.6 is 23.1 Å². The van der Waals surface area contributed by atoms with Crippen molar-refractivity contribution in [3.05, 3.63) is 23.7 Å². The summed E-state index contributed by atoms with van der Waals surface area (Å²) in [5.74, 6) is 1.25. The molecule has 3 heteroatoms. The van der Waals surface area contributed by atoms with Gasteiger partial charge in [-0.3, -0.25) is 0 Å². The van der Waals surface area contributed by atoms with Crippen LogP contribution in [0.1, 0.15) is 71.1 Å². The van der Waals surface area contributed by atoms with Crippen molar-refractivity contribution in [2.45, 2.75) is 76.0 Å². The van der Waals surface area contributed by atoms with Gasteiger partial charge in [-0.1, -0.05) is 64.7 Å². The zero-order valence-electron chi connectivity index (χ0n) is 13.9. The molecule has 0 unspecified atom stereocenters. The molecule has 1 heterocycles. The highest BCUT2D eigenvalue weighted by atomic mass is 32.2. The quantitative estimate of drug-likeness (QED) is 0.298. The number of aromatic nitrogens is 1. The maximum absolute atomic E-state index is 4.33. The second-order valence-electron chi connectivity index (χ2n) is 6.01. The lowest BCUT2D eigenvalue weighted by atomic mass is 10.1. The summed E-state index contributed by atoms with van der Waals surface area (Å²) < 4.78 is 1.31. The van der Waals surface area contributed by atoms with Crippen LogP contribution in [0.25, 0.3) is 10.2 Å². The molecule has 0 spiro atoms. The number of fused-ring (bicyclic) bond motifs is 1. The van der Waals surface area contributed by atoms with Gasteiger partial charge >= 0.3 is 0 Å². The van der Waals surface area contributed by atoms with E-state index in [1.165, 1.54) is 79.6 Å². The van der Waals surface area contributed by atoms with Crippen molar-refractivity contribution in [3.8, 4) is 0 Å². The van der Waals surface area contributed by atoms with Gasteiger partial charge in [0.15, 0.2) is 0 Å². The van der Waals surface area contributed by atoms with Crippen molar-refractivity contribution >= 4 is 33.3 Å². The van der Waals surface area contributed by atoms with Crippen molar-refractivity contribution in [3.63, 3.8) is 0 Å². The molecule has 1 aromatic heterocycles. The minimum atomic E-state index is 1.13. The van der Waals surface area contributed by atoms with E-state index in [0.29, 0.717) is 0 Å². The highest BCUT2D eigenvalue weighted by molar-refractivity contribution is 7.99. The molecular formula is C19H29NS2. The number of benzene rings is 1. The molecule has 1 aromatic carbocycles. The van der Waals surface area contributed by atoms with E-state index in [1.807, 2.05) is 17.3 Å². The highest BCUT2D eigenvalue weighted by Gasteiger charge is 1.99. The van der Waals surface area contributed by atoms with E-state index < -0.39 is 0 Å². The smallest absolute Gasteiger partial charge is 0.0812 e. The van der Waals surface area contributed by atoms with E-state index >= 15 is 0 Å². The Hall–Kier alpha value is -0.540. The number of thioether (sulfide) groups is 1. The van der Waals surface area contributed by atoms with Crippen LogP contribution in [0, 0.1) is 0 Å². The van der Waals surface area contributed by atoms with Crippen LogP contribution in [0.2, 0.25) is 0 Å². The first-order chi connectivity index (χ1) is 10.9. The molecule has 1 nitrogen and oxygen atoms in total. The van der Waals surface area contributed by atoms with E-state index in [1.54, 1.807) is 11.3 Å². The Bertz CT molecular complexity index is 521. The van der Waals surface area contributed by atoms with Crippen LogP contribution < -0.4 is 0 Å². The van der Waals surface area contributed by atoms with E-state index in [4.69, 9.17) is 0 Å². The number of thiazole rings is 1. The molecule has 0 aliphatic heterocycles. The third-order valence-corrected chi connectivity index (χ3v) is 5.94. The molecule has 0 bridgehead atoms. The molecule has 22 heavy (non-hydrogen) atoms. The molecule has 0 atom stereocenters. The summed E-state index contributed by atoms with van der Waals surface area (Å²) >= 11 is 3.73. The van der Waals surface area contributed by atoms with Gasteiger partial charge in [0.2, 0.25) is 0 Å². The molecule has 0 saturated carbocycles. The lowest BCUT2D eigenvalue weighted by Crippen LogP contribution is -1.84. The molecule has 0 aliphatic rings. The SMILES string of the molecule is CCCCCCCCCCCCSc1ccc2ncsc2c1. The van der Waals surface area contributed by atoms with Gasteiger partial charge < -0.3 is 0 Å². The number of hydrogen-bond donors (Lipinski definition) is 0. The summed E-state index contributed by atoms with van der Waals surface area (Å²) in [7, 11) is 0. The molecule has 0 radical (unpaired) electrons. The molecule has 2 rings (SSSR count). The number of rotatable bonds is 12. The molecule has 0 amide bonds. The third kappa shape index (κ3) is 6.70. The fraction of sp³-hybridized carbons (Fsp3) is 0.632. The summed E-state index contributed by atoms with van der Waals surface area (Å²) in [5, 5.41) is 0. The van der Waals surface area contributed by atoms with Crippen molar-refractivity contribution in [2.24, 2.45) is 0 Å². The van der Waals surface area contributed by atoms with Crippen LogP contribution in [0.15, 0.2) is 28.6 Å². The van der Waals surface area contributed by atoms with Crippen LogP contribution in [-0.2, 0) is 0 Å². The molecule has 0 N–H and O–H groups in total. The lowest BCUT2D eigenvalue weighted by molar-refractivity contribution is 0.563. The summed E-state index contributed by atoms with van der Waals surface area (Å²) in [4.78, 5) is 5.73. The van der Waals surface area contributed by atoms with Crippen molar-refractivity contribution < 1.29 is 0 Å². The summed E-state index contributed by atoms with van der Waals surface area (Å²) in [6, 6.07) is 6.64. The molecule has 2 aromatic rings. The van der Waals surface area contributed by atoms with Crippen LogP contribution in [0.4, 0.5) is 0 Å². The minimum absolute atomic E-state index is 1.13. The molecule has 0 fully saturated rings. The Balaban J connectivity index is 1.45. The van der Waals surface area contributed by atoms with E-state index in [-0.39, 0.29) is 0 Å². The Kier molecular flexibility index (Phi) is 8.96. The fourth-order valence-corrected chi connectivity index (χ4v) is 4.45. The Labute approximate surface area is 143 Å². The van der Waals surface area contributed by atoms with Crippen molar-refractivity contribution in [1.82, 2.24) is 4.98 Å². The van der Waals surface area contributed by atoms with Gasteiger partial charge in [0.05, 0.1) is 15.7 Å². The predicted octanol–water partition coefficient (Wildman–Crippen LogP) is 7.31. The largest absolute Gasteiger partial charge is 0.245 e. The first kappa shape index (κ1) is 17.8. The number of nitrogens with zero attached hydrogens (tertiary/aromatic N) is 1. The molecule has 0 aliphatic carbocycles. The Morgan fingerprint density at radius 3 is 2.32 bits per heavy atom. The topological polar surface area (TPSA) is 12.9 Å². The van der Waals surface area contributed by atoms with E-state index in [2.05, 4.69) is 30.1 Å². The van der Waals surface area contributed by atoms with Gasteiger partial charge in [-0.25, -0.2) is 4.98 Å². The predicted molar refractivity (Wildman–Crippen MR) is 102 cm³/mol. The Morgan fingerprint density at radius 2 is 1.59 bits per heavy atom. The molecule has 0 saturated heterocycles. The average Bonchev–Trinajstić information content (AvgIpc) is 3.00. The van der Waals surface area contributed by atoms with Crippen LogP contribution in [0.5, 0.6) is 0 Å². The van der Waals surface area contributed by atoms with Crippen LogP contribution in [0.3, 0.4) is 0 Å². The van der Waals surface area contributed by atoms with E-state index in [0.717, 1.165) is 5.52 Å². The van der Waals surface area contributed by atoms with Crippen molar-refractivity contribution in [2.75, 3.05) is 5.75 Å². The third-order valence-electron chi connectivity index (χ3n) is 4.07. The lowest BCUT2D eigenvalue weighted by Gasteiger charge is -2.03. The highest BCUT2D eigenvalue weighted by Crippen LogP contribution is 2.26. The fourth-order valence-electron chi connectivity index (χ4n) is 2.70. The van der Waals surface area contributed by atoms with Gasteiger partial charge in [-0.2, -0.15) is 0 Å². The van der Waals surface area contributed by atoms with Crippen LogP contribution in [-0.4, -0.2) is 10.7 Å². The maximum atomic E-state index is 4.33. The monoisotopic (exact) mass is 335 g/mol. The second-order valence-corrected chi connectivity index (χ2v) is 8.07. The van der Waals surface area contributed by atoms with Gasteiger partial charge in [-0.15, -0.1) is 23.1 Å². The van der Waals surface area contributed by atoms with E-state index in [9.17, 15) is 0 Å². The standard InChI is InChI=1S/C19H29NS2/c1-2-3-4-5-6-7-8-9-10-11-14-21-17-12-13-18-19(15-17)22-16-20-18/h12-13,15-16H,2-11,14H2,1H3. The minimum Gasteiger partial charge on any atom is -0.245 e. The molecular weight excluding hydrogens is 306 g/mol. The normalized spacial score (nSPS) is 11.3. The van der Waals surface area contributed by atoms with Gasteiger partial charge in [0, 0.05) is 4.90 Å². The summed E-state index contributed by atoms with van der Waals surface area (Å²) in [5.41, 5.74) is 3.06. The van der Waals surface area contributed by atoms with Crippen molar-refractivity contribution in [1.29, 1.82) is 0 Å². The number of unbranched alkanes of at least 4 members (excludes halogenated alkanes) is 9. The average molecular weight is 336 g/mol. The zero-order chi connectivity index (χ0) is 15.5. The van der Waals surface area contributed by atoms with Gasteiger partial charge in [0.25, 0.3) is 0 Å². The first-order valence-corrected chi connectivity index (χ1v) is 10.7.